The van der Waals surface area contributed by atoms with Gasteiger partial charge in [-0.15, -0.1) is 15.3 Å². The number of benzene rings is 2. The summed E-state index contributed by atoms with van der Waals surface area (Å²) in [4.78, 5) is 12.1. The number of amides is 1. The molecule has 7 heteroatoms. The summed E-state index contributed by atoms with van der Waals surface area (Å²) in [6.07, 6.45) is 0.537. The highest BCUT2D eigenvalue weighted by Crippen LogP contribution is 2.09. The van der Waals surface area contributed by atoms with E-state index in [0.717, 1.165) is 5.82 Å². The number of hydrogen-bond donors (Lipinski definition) is 2. The van der Waals surface area contributed by atoms with E-state index in [1.54, 1.807) is 16.6 Å². The minimum atomic E-state index is -0.104. The van der Waals surface area contributed by atoms with Crippen LogP contribution in [0.4, 0.5) is 5.82 Å². The summed E-state index contributed by atoms with van der Waals surface area (Å²) >= 11 is 0. The second-order valence-corrected chi connectivity index (χ2v) is 6.32. The van der Waals surface area contributed by atoms with E-state index in [4.69, 9.17) is 0 Å². The van der Waals surface area contributed by atoms with Gasteiger partial charge in [0.15, 0.2) is 11.5 Å². The highest BCUT2D eigenvalue weighted by Gasteiger charge is 2.09. The zero-order valence-electron chi connectivity index (χ0n) is 15.2. The fraction of sp³-hybridized carbons (Fsp3) is 0.143. The van der Waals surface area contributed by atoms with E-state index < -0.39 is 0 Å². The van der Waals surface area contributed by atoms with E-state index in [2.05, 4.69) is 38.1 Å². The molecule has 2 aromatic carbocycles. The molecule has 2 heterocycles. The summed E-state index contributed by atoms with van der Waals surface area (Å²) in [5, 5.41) is 19.1. The Hall–Kier alpha value is -3.74. The van der Waals surface area contributed by atoms with Gasteiger partial charge >= 0.3 is 0 Å². The van der Waals surface area contributed by atoms with Gasteiger partial charge in [-0.3, -0.25) is 4.79 Å². The van der Waals surface area contributed by atoms with Crippen molar-refractivity contribution < 1.29 is 4.79 Å². The Bertz CT molecular complexity index is 1060. The zero-order chi connectivity index (χ0) is 19.2. The van der Waals surface area contributed by atoms with Crippen LogP contribution in [0.15, 0.2) is 72.8 Å². The molecule has 4 aromatic rings. The van der Waals surface area contributed by atoms with Gasteiger partial charge in [0.25, 0.3) is 5.91 Å². The topological polar surface area (TPSA) is 84.2 Å². The van der Waals surface area contributed by atoms with Crippen molar-refractivity contribution in [2.75, 3.05) is 11.9 Å². The smallest absolute Gasteiger partial charge is 0.251 e. The Kier molecular flexibility index (Phi) is 5.24. The van der Waals surface area contributed by atoms with E-state index >= 15 is 0 Å². The van der Waals surface area contributed by atoms with Crippen LogP contribution in [0.2, 0.25) is 0 Å². The van der Waals surface area contributed by atoms with Crippen molar-refractivity contribution in [2.45, 2.75) is 13.0 Å². The van der Waals surface area contributed by atoms with E-state index in [1.165, 1.54) is 5.56 Å². The maximum Gasteiger partial charge on any atom is 0.251 e. The molecule has 0 saturated carbocycles. The molecule has 0 radical (unpaired) electrons. The fourth-order valence-electron chi connectivity index (χ4n) is 2.85. The molecule has 7 nitrogen and oxygen atoms in total. The van der Waals surface area contributed by atoms with Crippen LogP contribution in [-0.2, 0) is 13.0 Å². The number of aromatic nitrogens is 4. The molecule has 0 atom stereocenters. The number of carbonyl (C=O) groups is 1. The van der Waals surface area contributed by atoms with Crippen LogP contribution in [0.5, 0.6) is 0 Å². The van der Waals surface area contributed by atoms with Crippen LogP contribution in [0.25, 0.3) is 5.65 Å². The average Bonchev–Trinajstić information content (AvgIpc) is 3.16. The van der Waals surface area contributed by atoms with Gasteiger partial charge in [-0.2, -0.15) is 4.52 Å². The first-order valence-electron chi connectivity index (χ1n) is 9.12. The second-order valence-electron chi connectivity index (χ2n) is 6.32. The van der Waals surface area contributed by atoms with Gasteiger partial charge in [-0.25, -0.2) is 0 Å². The van der Waals surface area contributed by atoms with Gasteiger partial charge in [0.1, 0.15) is 5.82 Å². The van der Waals surface area contributed by atoms with Gasteiger partial charge in [0.05, 0.1) is 0 Å². The number of fused-ring (bicyclic) bond motifs is 1. The van der Waals surface area contributed by atoms with Gasteiger partial charge in [-0.05, 0) is 29.8 Å². The maximum atomic E-state index is 12.1. The lowest BCUT2D eigenvalue weighted by atomic mass is 10.2. The Balaban J connectivity index is 1.39. The van der Waals surface area contributed by atoms with Crippen LogP contribution in [-0.4, -0.2) is 32.3 Å². The maximum absolute atomic E-state index is 12.1. The minimum Gasteiger partial charge on any atom is -0.365 e. The summed E-state index contributed by atoms with van der Waals surface area (Å²) in [5.41, 5.74) is 2.49. The van der Waals surface area contributed by atoms with E-state index in [-0.39, 0.29) is 5.91 Å². The first-order valence-corrected chi connectivity index (χ1v) is 9.12. The minimum absolute atomic E-state index is 0.104. The fourth-order valence-corrected chi connectivity index (χ4v) is 2.85. The highest BCUT2D eigenvalue weighted by molar-refractivity contribution is 5.94. The Morgan fingerprint density at radius 3 is 2.43 bits per heavy atom. The Morgan fingerprint density at radius 2 is 1.64 bits per heavy atom. The first kappa shape index (κ1) is 17.7. The van der Waals surface area contributed by atoms with Crippen LogP contribution >= 0.6 is 0 Å². The molecule has 0 spiro atoms. The molecule has 0 aliphatic rings. The van der Waals surface area contributed by atoms with E-state index in [9.17, 15) is 4.79 Å². The van der Waals surface area contributed by atoms with Crippen molar-refractivity contribution in [3.8, 4) is 0 Å². The molecular formula is C21H20N6O. The van der Waals surface area contributed by atoms with Gasteiger partial charge in [0.2, 0.25) is 0 Å². The van der Waals surface area contributed by atoms with Crippen molar-refractivity contribution in [3.05, 3.63) is 89.7 Å². The summed E-state index contributed by atoms with van der Waals surface area (Å²) in [6, 6.07) is 23.0. The van der Waals surface area contributed by atoms with Crippen LogP contribution in [0, 0.1) is 0 Å². The van der Waals surface area contributed by atoms with Gasteiger partial charge in [-0.1, -0.05) is 48.5 Å². The third-order valence-corrected chi connectivity index (χ3v) is 4.31. The predicted molar refractivity (Wildman–Crippen MR) is 107 cm³/mol. The monoisotopic (exact) mass is 372 g/mol. The summed E-state index contributed by atoms with van der Waals surface area (Å²) < 4.78 is 1.71. The SMILES string of the molecule is O=C(NCCc1nnc2ccc(NCc3ccccc3)nn12)c1ccccc1. The Morgan fingerprint density at radius 1 is 0.893 bits per heavy atom. The van der Waals surface area contributed by atoms with Crippen molar-refractivity contribution in [2.24, 2.45) is 0 Å². The third-order valence-electron chi connectivity index (χ3n) is 4.31. The summed E-state index contributed by atoms with van der Waals surface area (Å²) in [6.45, 7) is 1.14. The van der Waals surface area contributed by atoms with E-state index in [0.29, 0.717) is 36.5 Å². The molecule has 4 rings (SSSR count). The molecule has 2 N–H and O–H groups in total. The Labute approximate surface area is 162 Å². The van der Waals surface area contributed by atoms with Gasteiger partial charge in [0, 0.05) is 25.1 Å². The largest absolute Gasteiger partial charge is 0.365 e. The molecule has 0 fully saturated rings. The summed E-state index contributed by atoms with van der Waals surface area (Å²) in [5.74, 6) is 1.34. The van der Waals surface area contributed by atoms with Gasteiger partial charge < -0.3 is 10.6 Å². The number of nitrogens with one attached hydrogen (secondary N) is 2. The lowest BCUT2D eigenvalue weighted by Crippen LogP contribution is -2.26. The third kappa shape index (κ3) is 4.15. The number of anilines is 1. The molecule has 0 aliphatic carbocycles. The van der Waals surface area contributed by atoms with Crippen molar-refractivity contribution >= 4 is 17.4 Å². The number of rotatable bonds is 7. The van der Waals surface area contributed by atoms with Crippen LogP contribution < -0.4 is 10.6 Å². The van der Waals surface area contributed by atoms with E-state index in [1.807, 2.05) is 48.5 Å². The quantitative estimate of drug-likeness (QED) is 0.521. The number of hydrogen-bond acceptors (Lipinski definition) is 5. The molecule has 0 unspecified atom stereocenters. The standard InChI is InChI=1S/C21H20N6O/c28-21(17-9-5-2-6-10-17)22-14-13-20-25-24-19-12-11-18(26-27(19)20)23-15-16-7-3-1-4-8-16/h1-12H,13-15H2,(H,22,28)(H,23,26). The average molecular weight is 372 g/mol. The molecular weight excluding hydrogens is 352 g/mol. The molecule has 2 aromatic heterocycles. The number of carbonyl (C=O) groups excluding carboxylic acids is 1. The molecule has 1 amide bonds. The molecule has 0 saturated heterocycles. The molecule has 28 heavy (non-hydrogen) atoms. The van der Waals surface area contributed by atoms with Crippen LogP contribution in [0.3, 0.4) is 0 Å². The highest BCUT2D eigenvalue weighted by atomic mass is 16.1. The second kappa shape index (κ2) is 8.30. The lowest BCUT2D eigenvalue weighted by molar-refractivity contribution is 0.0954. The molecule has 0 aliphatic heterocycles. The number of nitrogens with zero attached hydrogens (tertiary/aromatic N) is 4. The van der Waals surface area contributed by atoms with Crippen molar-refractivity contribution in [1.29, 1.82) is 0 Å². The molecule has 0 bridgehead atoms. The molecule has 140 valence electrons. The predicted octanol–water partition coefficient (Wildman–Crippen LogP) is 2.71. The first-order chi connectivity index (χ1) is 13.8. The van der Waals surface area contributed by atoms with Crippen molar-refractivity contribution in [3.63, 3.8) is 0 Å². The lowest BCUT2D eigenvalue weighted by Gasteiger charge is -2.07. The zero-order valence-corrected chi connectivity index (χ0v) is 15.2. The normalized spacial score (nSPS) is 10.7. The van der Waals surface area contributed by atoms with Crippen LogP contribution in [0.1, 0.15) is 21.7 Å². The summed E-state index contributed by atoms with van der Waals surface area (Å²) in [7, 11) is 0. The van der Waals surface area contributed by atoms with Crippen molar-refractivity contribution in [1.82, 2.24) is 25.1 Å².